The quantitative estimate of drug-likeness (QED) is 0.499. The van der Waals surface area contributed by atoms with Crippen molar-refractivity contribution in [1.29, 1.82) is 0 Å². The van der Waals surface area contributed by atoms with Crippen molar-refractivity contribution in [3.05, 3.63) is 0 Å². The van der Waals surface area contributed by atoms with Gasteiger partial charge >= 0.3 is 5.97 Å². The van der Waals surface area contributed by atoms with Gasteiger partial charge in [-0.15, -0.1) is 0 Å². The van der Waals surface area contributed by atoms with Crippen LogP contribution in [0.5, 0.6) is 0 Å². The lowest BCUT2D eigenvalue weighted by molar-refractivity contribution is -0.144. The largest absolute Gasteiger partial charge is 0.465 e. The number of rotatable bonds is 8. The van der Waals surface area contributed by atoms with Gasteiger partial charge in [-0.1, -0.05) is 0 Å². The molecule has 0 aliphatic rings. The first-order chi connectivity index (χ1) is 7.37. The predicted molar refractivity (Wildman–Crippen MR) is 67.5 cm³/mol. The van der Waals surface area contributed by atoms with Crippen LogP contribution in [-0.4, -0.2) is 40.8 Å². The highest BCUT2D eigenvalue weighted by atomic mass is 32.2. The molecule has 0 aromatic rings. The van der Waals surface area contributed by atoms with E-state index < -0.39 is 11.6 Å². The third-order valence-corrected chi connectivity index (χ3v) is 3.04. The van der Waals surface area contributed by atoms with Gasteiger partial charge in [0.1, 0.15) is 6.04 Å². The molecule has 0 aromatic carbocycles. The highest BCUT2D eigenvalue weighted by Gasteiger charge is 2.15. The van der Waals surface area contributed by atoms with Gasteiger partial charge in [0.15, 0.2) is 0 Å². The minimum absolute atomic E-state index is 0.328. The van der Waals surface area contributed by atoms with Crippen molar-refractivity contribution in [2.24, 2.45) is 5.73 Å². The van der Waals surface area contributed by atoms with Gasteiger partial charge < -0.3 is 15.6 Å². The summed E-state index contributed by atoms with van der Waals surface area (Å²) in [5.74, 6) is 1.36. The third kappa shape index (κ3) is 9.00. The Hall–Kier alpha value is -0.260. The summed E-state index contributed by atoms with van der Waals surface area (Å²) in [6, 6.07) is -0.519. The van der Waals surface area contributed by atoms with Gasteiger partial charge in [-0.05, 0) is 45.1 Å². The molecule has 0 aliphatic carbocycles. The number of hydrogen-bond acceptors (Lipinski definition) is 5. The monoisotopic (exact) mass is 249 g/mol. The van der Waals surface area contributed by atoms with Crippen LogP contribution in [0.2, 0.25) is 0 Å². The molecule has 16 heavy (non-hydrogen) atoms. The van der Waals surface area contributed by atoms with Crippen LogP contribution in [0.3, 0.4) is 0 Å². The minimum atomic E-state index is -0.615. The number of hydrogen-bond donors (Lipinski definition) is 2. The lowest BCUT2D eigenvalue weighted by Crippen LogP contribution is -2.32. The highest BCUT2D eigenvalue weighted by Crippen LogP contribution is 2.14. The molecule has 0 aromatic heterocycles. The summed E-state index contributed by atoms with van der Waals surface area (Å²) in [6.07, 6.45) is 1.36. The molecule has 0 heterocycles. The van der Waals surface area contributed by atoms with Gasteiger partial charge in [0.05, 0.1) is 12.2 Å². The van der Waals surface area contributed by atoms with Crippen LogP contribution >= 0.6 is 11.8 Å². The molecule has 0 saturated heterocycles. The number of carbonyl (C=O) groups is 1. The fraction of sp³-hybridized carbons (Fsp3) is 0.909. The van der Waals surface area contributed by atoms with Crippen molar-refractivity contribution in [3.8, 4) is 0 Å². The predicted octanol–water partition coefficient (Wildman–Crippen LogP) is 1.16. The fourth-order valence-corrected chi connectivity index (χ4v) is 2.27. The third-order valence-electron chi connectivity index (χ3n) is 2.02. The molecular weight excluding hydrogens is 226 g/mol. The molecule has 0 aliphatic heterocycles. The summed E-state index contributed by atoms with van der Waals surface area (Å²) >= 11 is 1.70. The molecule has 3 N–H and O–H groups in total. The number of aliphatic hydroxyl groups is 1. The number of nitrogens with two attached hydrogens (primary N) is 1. The van der Waals surface area contributed by atoms with Gasteiger partial charge in [-0.25, -0.2) is 0 Å². The molecule has 0 saturated carbocycles. The normalized spacial score (nSPS) is 13.6. The summed E-state index contributed by atoms with van der Waals surface area (Å²) in [4.78, 5) is 11.2. The maximum Gasteiger partial charge on any atom is 0.322 e. The zero-order valence-electron chi connectivity index (χ0n) is 10.4. The molecule has 0 amide bonds. The van der Waals surface area contributed by atoms with Crippen molar-refractivity contribution in [2.45, 2.75) is 45.3 Å². The Morgan fingerprint density at radius 2 is 2.12 bits per heavy atom. The molecule has 0 fully saturated rings. The Labute approximate surface area is 102 Å². The number of thioether (sulfide) groups is 1. The van der Waals surface area contributed by atoms with E-state index in [1.807, 2.05) is 0 Å². The summed E-state index contributed by atoms with van der Waals surface area (Å²) < 4.78 is 4.80. The number of ether oxygens (including phenoxy) is 1. The lowest BCUT2D eigenvalue weighted by atomic mass is 10.1. The Morgan fingerprint density at radius 3 is 2.62 bits per heavy atom. The SMILES string of the molecule is CCOC(=O)C(N)CCSCCC(C)(C)O. The second-order valence-corrected chi connectivity index (χ2v) is 5.55. The zero-order valence-corrected chi connectivity index (χ0v) is 11.2. The average molecular weight is 249 g/mol. The van der Waals surface area contributed by atoms with E-state index in [9.17, 15) is 9.90 Å². The average Bonchev–Trinajstić information content (AvgIpc) is 2.15. The van der Waals surface area contributed by atoms with Crippen LogP contribution in [0, 0.1) is 0 Å². The summed E-state index contributed by atoms with van der Waals surface area (Å²) in [5, 5.41) is 9.47. The van der Waals surface area contributed by atoms with Crippen molar-refractivity contribution in [2.75, 3.05) is 18.1 Å². The summed E-state index contributed by atoms with van der Waals surface area (Å²) in [6.45, 7) is 5.72. The zero-order chi connectivity index (χ0) is 12.6. The smallest absolute Gasteiger partial charge is 0.322 e. The van der Waals surface area contributed by atoms with E-state index in [0.717, 1.165) is 17.9 Å². The van der Waals surface area contributed by atoms with Crippen LogP contribution in [0.1, 0.15) is 33.6 Å². The molecule has 0 radical (unpaired) electrons. The number of esters is 1. The van der Waals surface area contributed by atoms with E-state index in [1.54, 1.807) is 32.5 Å². The summed E-state index contributed by atoms with van der Waals surface area (Å²) in [5.41, 5.74) is 5.02. The van der Waals surface area contributed by atoms with Gasteiger partial charge in [0.25, 0.3) is 0 Å². The molecular formula is C11H23NO3S. The first-order valence-electron chi connectivity index (χ1n) is 5.59. The van der Waals surface area contributed by atoms with Crippen molar-refractivity contribution in [3.63, 3.8) is 0 Å². The van der Waals surface area contributed by atoms with E-state index in [-0.39, 0.29) is 5.97 Å². The van der Waals surface area contributed by atoms with Gasteiger partial charge in [-0.3, -0.25) is 4.79 Å². The van der Waals surface area contributed by atoms with E-state index >= 15 is 0 Å². The number of carbonyl (C=O) groups excluding carboxylic acids is 1. The maximum atomic E-state index is 11.2. The van der Waals surface area contributed by atoms with Gasteiger partial charge in [0, 0.05) is 0 Å². The summed E-state index contributed by atoms with van der Waals surface area (Å²) in [7, 11) is 0. The molecule has 0 rings (SSSR count). The van der Waals surface area contributed by atoms with Crippen LogP contribution < -0.4 is 5.73 Å². The first-order valence-corrected chi connectivity index (χ1v) is 6.74. The second kappa shape index (κ2) is 7.92. The minimum Gasteiger partial charge on any atom is -0.465 e. The van der Waals surface area contributed by atoms with E-state index in [2.05, 4.69) is 0 Å². The van der Waals surface area contributed by atoms with E-state index in [0.29, 0.717) is 13.0 Å². The molecule has 1 atom stereocenters. The Kier molecular flexibility index (Phi) is 7.80. The van der Waals surface area contributed by atoms with Crippen molar-refractivity contribution in [1.82, 2.24) is 0 Å². The van der Waals surface area contributed by atoms with E-state index in [4.69, 9.17) is 10.5 Å². The molecule has 4 nitrogen and oxygen atoms in total. The van der Waals surface area contributed by atoms with Crippen LogP contribution in [-0.2, 0) is 9.53 Å². The molecule has 1 unspecified atom stereocenters. The van der Waals surface area contributed by atoms with Gasteiger partial charge in [-0.2, -0.15) is 11.8 Å². The molecule has 0 bridgehead atoms. The van der Waals surface area contributed by atoms with Crippen molar-refractivity contribution >= 4 is 17.7 Å². The van der Waals surface area contributed by atoms with Crippen LogP contribution in [0.4, 0.5) is 0 Å². The molecule has 5 heteroatoms. The molecule has 96 valence electrons. The topological polar surface area (TPSA) is 72.5 Å². The Morgan fingerprint density at radius 1 is 1.50 bits per heavy atom. The van der Waals surface area contributed by atoms with Crippen LogP contribution in [0.15, 0.2) is 0 Å². The Bertz CT molecular complexity index is 204. The van der Waals surface area contributed by atoms with Crippen molar-refractivity contribution < 1.29 is 14.6 Å². The van der Waals surface area contributed by atoms with Gasteiger partial charge in [0.2, 0.25) is 0 Å². The lowest BCUT2D eigenvalue weighted by Gasteiger charge is -2.16. The van der Waals surface area contributed by atoms with E-state index in [1.165, 1.54) is 0 Å². The van der Waals surface area contributed by atoms with Crippen LogP contribution in [0.25, 0.3) is 0 Å². The Balaban J connectivity index is 3.48. The maximum absolute atomic E-state index is 11.2. The standard InChI is InChI=1S/C11H23NO3S/c1-4-15-10(13)9(12)5-7-16-8-6-11(2,3)14/h9,14H,4-8,12H2,1-3H3. The first kappa shape index (κ1) is 15.7. The fourth-order valence-electron chi connectivity index (χ4n) is 1.00. The molecule has 0 spiro atoms. The highest BCUT2D eigenvalue weighted by molar-refractivity contribution is 7.99. The second-order valence-electron chi connectivity index (χ2n) is 4.32.